The molecule has 2 aliphatic rings. The average Bonchev–Trinajstić information content (AvgIpc) is 3.38. The minimum Gasteiger partial charge on any atom is -0.480 e. The number of carboxylic acid groups (broad SMARTS) is 1. The second-order valence-corrected chi connectivity index (χ2v) is 9.66. The predicted octanol–water partition coefficient (Wildman–Crippen LogP) is 0.503. The van der Waals surface area contributed by atoms with Crippen LogP contribution >= 0.6 is 12.4 Å². The number of hydrogen-bond donors (Lipinski definition) is 4. The molecule has 4 N–H and O–H groups in total. The van der Waals surface area contributed by atoms with Crippen molar-refractivity contribution in [1.82, 2.24) is 20.9 Å². The smallest absolute Gasteiger partial charge is 0.328 e. The number of carbonyl (C=O) groups excluding carboxylic acids is 3. The van der Waals surface area contributed by atoms with Gasteiger partial charge in [-0.2, -0.15) is 0 Å². The summed E-state index contributed by atoms with van der Waals surface area (Å²) in [6.07, 6.45) is 3.04. The van der Waals surface area contributed by atoms with Gasteiger partial charge in [0, 0.05) is 26.3 Å². The van der Waals surface area contributed by atoms with Crippen LogP contribution < -0.4 is 16.0 Å². The highest BCUT2D eigenvalue weighted by molar-refractivity contribution is 5.93. The zero-order valence-electron chi connectivity index (χ0n) is 21.8. The third-order valence-electron chi connectivity index (χ3n) is 6.67. The number of aliphatic carboxylic acids is 1. The zero-order chi connectivity index (χ0) is 26.7. The van der Waals surface area contributed by atoms with Crippen LogP contribution in [0.1, 0.15) is 38.2 Å². The van der Waals surface area contributed by atoms with Crippen molar-refractivity contribution >= 4 is 36.1 Å². The number of carboxylic acids is 1. The number of amides is 3. The summed E-state index contributed by atoms with van der Waals surface area (Å²) >= 11 is 0. The molecule has 0 unspecified atom stereocenters. The molecule has 1 aromatic rings. The van der Waals surface area contributed by atoms with Crippen LogP contribution in [0, 0.1) is 0 Å². The fraction of sp³-hybridized carbons (Fsp3) is 0.615. The third-order valence-corrected chi connectivity index (χ3v) is 6.67. The van der Waals surface area contributed by atoms with E-state index in [2.05, 4.69) is 16.0 Å². The number of carbonyl (C=O) groups is 4. The van der Waals surface area contributed by atoms with Gasteiger partial charge in [-0.05, 0) is 44.6 Å². The number of halogens is 1. The highest BCUT2D eigenvalue weighted by Gasteiger charge is 2.37. The van der Waals surface area contributed by atoms with Crippen LogP contribution in [0.5, 0.6) is 0 Å². The number of nitrogens with one attached hydrogen (secondary N) is 3. The highest BCUT2D eigenvalue weighted by Crippen LogP contribution is 2.18. The lowest BCUT2D eigenvalue weighted by atomic mass is 10.0. The summed E-state index contributed by atoms with van der Waals surface area (Å²) < 4.78 is 11.3. The molecule has 2 fully saturated rings. The molecular formula is C26H39ClN4O7. The second kappa shape index (κ2) is 15.6. The van der Waals surface area contributed by atoms with Crippen LogP contribution in [0.15, 0.2) is 30.3 Å². The van der Waals surface area contributed by atoms with Crippen LogP contribution in [0.3, 0.4) is 0 Å². The van der Waals surface area contributed by atoms with E-state index < -0.39 is 35.4 Å². The van der Waals surface area contributed by atoms with Crippen LogP contribution in [-0.4, -0.2) is 97.4 Å². The second-order valence-electron chi connectivity index (χ2n) is 9.66. The predicted molar refractivity (Wildman–Crippen MR) is 142 cm³/mol. The Kier molecular flexibility index (Phi) is 12.9. The van der Waals surface area contributed by atoms with E-state index >= 15 is 0 Å². The minimum absolute atomic E-state index is 0. The topological polar surface area (TPSA) is 146 Å². The maximum absolute atomic E-state index is 13.2. The minimum atomic E-state index is -1.21. The summed E-state index contributed by atoms with van der Waals surface area (Å²) in [5, 5.41) is 18.0. The molecule has 0 saturated carbocycles. The molecule has 3 atom stereocenters. The van der Waals surface area contributed by atoms with Crippen LogP contribution in [-0.2, 0) is 35.1 Å². The largest absolute Gasteiger partial charge is 0.480 e. The van der Waals surface area contributed by atoms with Crippen molar-refractivity contribution in [3.05, 3.63) is 35.9 Å². The van der Waals surface area contributed by atoms with E-state index in [0.29, 0.717) is 52.0 Å². The Morgan fingerprint density at radius 3 is 2.55 bits per heavy atom. The van der Waals surface area contributed by atoms with E-state index in [-0.39, 0.29) is 38.1 Å². The van der Waals surface area contributed by atoms with Crippen LogP contribution in [0.25, 0.3) is 0 Å². The lowest BCUT2D eigenvalue weighted by molar-refractivity contribution is -0.145. The Bertz CT molecular complexity index is 935. The molecule has 2 saturated heterocycles. The standard InChI is InChI=1S/C26H38N4O7.ClH/c1-26(28-12-11-19-8-3-2-4-9-19)18-37-15-6-5-14-36-17-20(24(33)34)29-23(32)21-10-7-13-30(21)22(31)16-27-25(26)35;/h2-4,8-9,20-21,28H,5-7,10-18H2,1H3,(H,27,35)(H,29,32)(H,33,34);1H/t20-,21-,26+;/m0./s1. The molecule has 3 rings (SSSR count). The first-order valence-corrected chi connectivity index (χ1v) is 12.9. The monoisotopic (exact) mass is 554 g/mol. The van der Waals surface area contributed by atoms with Gasteiger partial charge in [-0.1, -0.05) is 30.3 Å². The summed E-state index contributed by atoms with van der Waals surface area (Å²) in [6, 6.07) is 7.93. The first-order valence-electron chi connectivity index (χ1n) is 12.9. The number of rotatable bonds is 5. The van der Waals surface area contributed by atoms with Gasteiger partial charge in [-0.15, -0.1) is 12.4 Å². The number of fused-ring (bicyclic) bond motifs is 1. The molecule has 0 spiro atoms. The molecule has 3 amide bonds. The van der Waals surface area contributed by atoms with Gasteiger partial charge in [0.25, 0.3) is 0 Å². The lowest BCUT2D eigenvalue weighted by Gasteiger charge is -2.31. The Morgan fingerprint density at radius 2 is 1.84 bits per heavy atom. The summed E-state index contributed by atoms with van der Waals surface area (Å²) in [6.45, 7) is 3.02. The van der Waals surface area contributed by atoms with Crippen molar-refractivity contribution < 1.29 is 33.8 Å². The highest BCUT2D eigenvalue weighted by atomic mass is 35.5. The SMILES string of the molecule is C[C@@]1(NCCc2ccccc2)COCCCCOC[C@@H](C(=O)O)NC(=O)[C@@H]2CCCN2C(=O)CNC1=O.Cl. The molecule has 12 heteroatoms. The van der Waals surface area contributed by atoms with Crippen molar-refractivity contribution in [2.45, 2.75) is 56.7 Å². The van der Waals surface area contributed by atoms with Gasteiger partial charge in [0.05, 0.1) is 19.8 Å². The van der Waals surface area contributed by atoms with Crippen molar-refractivity contribution in [1.29, 1.82) is 0 Å². The number of benzene rings is 1. The van der Waals surface area contributed by atoms with Gasteiger partial charge < -0.3 is 35.4 Å². The van der Waals surface area contributed by atoms with Gasteiger partial charge in [0.2, 0.25) is 17.7 Å². The van der Waals surface area contributed by atoms with E-state index in [0.717, 1.165) is 12.0 Å². The van der Waals surface area contributed by atoms with Crippen LogP contribution in [0.4, 0.5) is 0 Å². The quantitative estimate of drug-likeness (QED) is 0.411. The Morgan fingerprint density at radius 1 is 1.13 bits per heavy atom. The van der Waals surface area contributed by atoms with Crippen molar-refractivity contribution in [3.8, 4) is 0 Å². The van der Waals surface area contributed by atoms with Gasteiger partial charge >= 0.3 is 5.97 Å². The van der Waals surface area contributed by atoms with Gasteiger partial charge in [0.15, 0.2) is 6.04 Å². The Balaban J connectivity index is 0.00000507. The van der Waals surface area contributed by atoms with Gasteiger partial charge in [0.1, 0.15) is 11.6 Å². The fourth-order valence-electron chi connectivity index (χ4n) is 4.44. The number of ether oxygens (including phenoxy) is 2. The summed E-state index contributed by atoms with van der Waals surface area (Å²) in [4.78, 5) is 51.9. The molecular weight excluding hydrogens is 516 g/mol. The number of nitrogens with zero attached hydrogens (tertiary/aromatic N) is 1. The molecule has 38 heavy (non-hydrogen) atoms. The zero-order valence-corrected chi connectivity index (χ0v) is 22.6. The molecule has 11 nitrogen and oxygen atoms in total. The van der Waals surface area contributed by atoms with Gasteiger partial charge in [-0.3, -0.25) is 14.4 Å². The third kappa shape index (κ3) is 9.23. The van der Waals surface area contributed by atoms with E-state index in [1.807, 2.05) is 30.3 Å². The summed E-state index contributed by atoms with van der Waals surface area (Å²) in [7, 11) is 0. The molecule has 0 bridgehead atoms. The molecule has 0 aliphatic carbocycles. The van der Waals surface area contributed by atoms with E-state index in [1.54, 1.807) is 6.92 Å². The maximum Gasteiger partial charge on any atom is 0.328 e. The molecule has 1 aromatic carbocycles. The molecule has 212 valence electrons. The normalized spacial score (nSPS) is 26.2. The number of hydrogen-bond acceptors (Lipinski definition) is 7. The Labute approximate surface area is 229 Å². The summed E-state index contributed by atoms with van der Waals surface area (Å²) in [5.41, 5.74) is 0.0758. The van der Waals surface area contributed by atoms with Crippen molar-refractivity contribution in [3.63, 3.8) is 0 Å². The molecule has 0 radical (unpaired) electrons. The van der Waals surface area contributed by atoms with E-state index in [9.17, 15) is 24.3 Å². The molecule has 2 aliphatic heterocycles. The molecule has 2 heterocycles. The van der Waals surface area contributed by atoms with E-state index in [4.69, 9.17) is 9.47 Å². The fourth-order valence-corrected chi connectivity index (χ4v) is 4.44. The van der Waals surface area contributed by atoms with Gasteiger partial charge in [-0.25, -0.2) is 4.79 Å². The summed E-state index contributed by atoms with van der Waals surface area (Å²) in [5.74, 6) is -2.50. The van der Waals surface area contributed by atoms with E-state index in [1.165, 1.54) is 4.90 Å². The first-order chi connectivity index (χ1) is 17.8. The Hall–Kier alpha value is -2.73. The van der Waals surface area contributed by atoms with Crippen molar-refractivity contribution in [2.75, 3.05) is 46.1 Å². The van der Waals surface area contributed by atoms with Crippen LogP contribution in [0.2, 0.25) is 0 Å². The first kappa shape index (κ1) is 31.5. The average molecular weight is 555 g/mol. The molecule has 0 aromatic heterocycles. The lowest BCUT2D eigenvalue weighted by Crippen LogP contribution is -2.60. The van der Waals surface area contributed by atoms with Crippen molar-refractivity contribution in [2.24, 2.45) is 0 Å². The maximum atomic E-state index is 13.2.